The summed E-state index contributed by atoms with van der Waals surface area (Å²) in [5.74, 6) is 0. The Bertz CT molecular complexity index is 502. The van der Waals surface area contributed by atoms with Crippen molar-refractivity contribution in [1.82, 2.24) is 9.97 Å². The minimum absolute atomic E-state index is 0.0505. The average Bonchev–Trinajstić information content (AvgIpc) is 2.80. The lowest BCUT2D eigenvalue weighted by molar-refractivity contribution is -0.0550. The van der Waals surface area contributed by atoms with E-state index in [1.54, 1.807) is 17.5 Å². The molecular weight excluding hydrogens is 234 g/mol. The van der Waals surface area contributed by atoms with Crippen molar-refractivity contribution < 1.29 is 4.74 Å². The number of hydrogen-bond donors (Lipinski definition) is 1. The van der Waals surface area contributed by atoms with Gasteiger partial charge in [0.2, 0.25) is 0 Å². The topological polar surface area (TPSA) is 61.0 Å². The van der Waals surface area contributed by atoms with Crippen molar-refractivity contribution in [1.29, 1.82) is 0 Å². The van der Waals surface area contributed by atoms with Crippen molar-refractivity contribution in [3.05, 3.63) is 34.9 Å². The molecule has 1 aliphatic heterocycles. The number of nitrogens with two attached hydrogens (primary N) is 1. The van der Waals surface area contributed by atoms with Crippen LogP contribution in [-0.4, -0.2) is 29.7 Å². The first-order valence-corrected chi connectivity index (χ1v) is 6.36. The molecule has 0 spiro atoms. The molecule has 0 aliphatic carbocycles. The van der Waals surface area contributed by atoms with Crippen LogP contribution in [0.3, 0.4) is 0 Å². The van der Waals surface area contributed by atoms with E-state index in [9.17, 15) is 0 Å². The molecule has 1 fully saturated rings. The largest absolute Gasteiger partial charge is 0.379 e. The van der Waals surface area contributed by atoms with Gasteiger partial charge in [-0.25, -0.2) is 4.98 Å². The van der Waals surface area contributed by atoms with Gasteiger partial charge >= 0.3 is 0 Å². The fraction of sp³-hybridized carbons (Fsp3) is 0.333. The van der Waals surface area contributed by atoms with Gasteiger partial charge in [0.25, 0.3) is 0 Å². The van der Waals surface area contributed by atoms with Crippen molar-refractivity contribution in [3.63, 3.8) is 0 Å². The van der Waals surface area contributed by atoms with Gasteiger partial charge in [-0.3, -0.25) is 4.98 Å². The van der Waals surface area contributed by atoms with Crippen molar-refractivity contribution in [2.45, 2.75) is 5.41 Å². The predicted octanol–water partition coefficient (Wildman–Crippen LogP) is 1.43. The van der Waals surface area contributed by atoms with E-state index in [0.29, 0.717) is 19.8 Å². The molecule has 0 unspecified atom stereocenters. The van der Waals surface area contributed by atoms with Crippen molar-refractivity contribution in [2.24, 2.45) is 5.73 Å². The normalized spacial score (nSPS) is 17.7. The highest BCUT2D eigenvalue weighted by Gasteiger charge is 2.41. The van der Waals surface area contributed by atoms with E-state index >= 15 is 0 Å². The molecule has 0 aromatic carbocycles. The van der Waals surface area contributed by atoms with Crippen LogP contribution < -0.4 is 5.73 Å². The number of rotatable bonds is 3. The highest BCUT2D eigenvalue weighted by Crippen LogP contribution is 2.35. The molecule has 4 nitrogen and oxygen atoms in total. The van der Waals surface area contributed by atoms with Gasteiger partial charge in [0.15, 0.2) is 0 Å². The van der Waals surface area contributed by atoms with Gasteiger partial charge in [-0.05, 0) is 12.1 Å². The lowest BCUT2D eigenvalue weighted by atomic mass is 9.87. The molecule has 1 aliphatic rings. The maximum Gasteiger partial charge on any atom is 0.105 e. The van der Waals surface area contributed by atoms with Gasteiger partial charge in [-0.2, -0.15) is 0 Å². The lowest BCUT2D eigenvalue weighted by Gasteiger charge is -2.38. The summed E-state index contributed by atoms with van der Waals surface area (Å²) in [4.78, 5) is 8.77. The first-order chi connectivity index (χ1) is 8.34. The van der Waals surface area contributed by atoms with Crippen LogP contribution in [0.25, 0.3) is 11.3 Å². The van der Waals surface area contributed by atoms with Crippen molar-refractivity contribution in [2.75, 3.05) is 19.8 Å². The van der Waals surface area contributed by atoms with Crippen LogP contribution in [0.1, 0.15) is 5.01 Å². The first kappa shape index (κ1) is 10.8. The predicted molar refractivity (Wildman–Crippen MR) is 66.9 cm³/mol. The summed E-state index contributed by atoms with van der Waals surface area (Å²) in [6.45, 7) is 1.96. The zero-order valence-corrected chi connectivity index (χ0v) is 10.1. The maximum atomic E-state index is 5.82. The standard InChI is InChI=1S/C12H13N3OS/c13-6-12(7-16-8-12)11-15-10(5-17-11)9-2-1-3-14-4-9/h1-5H,6-8,13H2. The molecule has 17 heavy (non-hydrogen) atoms. The van der Waals surface area contributed by atoms with Gasteiger partial charge < -0.3 is 10.5 Å². The first-order valence-electron chi connectivity index (χ1n) is 5.48. The van der Waals surface area contributed by atoms with Gasteiger partial charge in [0, 0.05) is 29.9 Å². The molecule has 0 amide bonds. The third kappa shape index (κ3) is 1.76. The summed E-state index contributed by atoms with van der Waals surface area (Å²) in [7, 11) is 0. The number of hydrogen-bond acceptors (Lipinski definition) is 5. The Morgan fingerprint density at radius 3 is 2.94 bits per heavy atom. The summed E-state index contributed by atoms with van der Waals surface area (Å²) in [6.07, 6.45) is 3.59. The van der Waals surface area contributed by atoms with E-state index < -0.39 is 0 Å². The second-order valence-electron chi connectivity index (χ2n) is 4.26. The SMILES string of the molecule is NCC1(c2nc(-c3cccnc3)cs2)COC1. The molecule has 0 bridgehead atoms. The van der Waals surface area contributed by atoms with Crippen molar-refractivity contribution >= 4 is 11.3 Å². The molecule has 2 N–H and O–H groups in total. The Kier molecular flexibility index (Phi) is 2.66. The van der Waals surface area contributed by atoms with Gasteiger partial charge in [-0.1, -0.05) is 0 Å². The number of pyridine rings is 1. The van der Waals surface area contributed by atoms with E-state index in [2.05, 4.69) is 15.3 Å². The summed E-state index contributed by atoms with van der Waals surface area (Å²) in [6, 6.07) is 3.93. The Labute approximate surface area is 103 Å². The lowest BCUT2D eigenvalue weighted by Crippen LogP contribution is -2.52. The zero-order chi connectivity index (χ0) is 11.7. The third-order valence-corrected chi connectivity index (χ3v) is 4.15. The number of aromatic nitrogens is 2. The molecule has 1 saturated heterocycles. The Hall–Kier alpha value is -1.30. The average molecular weight is 247 g/mol. The van der Waals surface area contributed by atoms with Crippen LogP contribution in [0.15, 0.2) is 29.9 Å². The summed E-state index contributed by atoms with van der Waals surface area (Å²) >= 11 is 1.65. The molecule has 0 atom stereocenters. The van der Waals surface area contributed by atoms with Crippen LogP contribution in [0.2, 0.25) is 0 Å². The summed E-state index contributed by atoms with van der Waals surface area (Å²) in [5.41, 5.74) is 7.79. The summed E-state index contributed by atoms with van der Waals surface area (Å²) in [5, 5.41) is 3.13. The van der Waals surface area contributed by atoms with Gasteiger partial charge in [0.05, 0.1) is 24.3 Å². The smallest absolute Gasteiger partial charge is 0.105 e. The van der Waals surface area contributed by atoms with Crippen LogP contribution in [0, 0.1) is 0 Å². The highest BCUT2D eigenvalue weighted by molar-refractivity contribution is 7.10. The molecule has 3 heterocycles. The number of thiazole rings is 1. The van der Waals surface area contributed by atoms with E-state index in [4.69, 9.17) is 10.5 Å². The quantitative estimate of drug-likeness (QED) is 0.891. The second-order valence-corrected chi connectivity index (χ2v) is 5.11. The molecule has 2 aromatic rings. The maximum absolute atomic E-state index is 5.82. The molecule has 5 heteroatoms. The van der Waals surface area contributed by atoms with E-state index in [-0.39, 0.29) is 5.41 Å². The van der Waals surface area contributed by atoms with Gasteiger partial charge in [0.1, 0.15) is 5.01 Å². The van der Waals surface area contributed by atoms with Gasteiger partial charge in [-0.15, -0.1) is 11.3 Å². The Balaban J connectivity index is 1.93. The monoisotopic (exact) mass is 247 g/mol. The van der Waals surface area contributed by atoms with Crippen LogP contribution in [-0.2, 0) is 10.2 Å². The Morgan fingerprint density at radius 1 is 1.47 bits per heavy atom. The van der Waals surface area contributed by atoms with E-state index in [1.165, 1.54) is 0 Å². The third-order valence-electron chi connectivity index (χ3n) is 3.06. The summed E-state index contributed by atoms with van der Waals surface area (Å²) < 4.78 is 5.27. The van der Waals surface area contributed by atoms with Crippen molar-refractivity contribution in [3.8, 4) is 11.3 Å². The van der Waals surface area contributed by atoms with Crippen LogP contribution in [0.4, 0.5) is 0 Å². The molecular formula is C12H13N3OS. The number of ether oxygens (including phenoxy) is 1. The molecule has 0 radical (unpaired) electrons. The molecule has 0 saturated carbocycles. The zero-order valence-electron chi connectivity index (χ0n) is 9.30. The number of nitrogens with zero attached hydrogens (tertiary/aromatic N) is 2. The van der Waals surface area contributed by atoms with Crippen LogP contribution in [0.5, 0.6) is 0 Å². The molecule has 88 valence electrons. The minimum atomic E-state index is -0.0505. The second kappa shape index (κ2) is 4.18. The van der Waals surface area contributed by atoms with E-state index in [1.807, 2.05) is 18.3 Å². The minimum Gasteiger partial charge on any atom is -0.379 e. The fourth-order valence-corrected chi connectivity index (χ4v) is 2.86. The van der Waals surface area contributed by atoms with Crippen LogP contribution >= 0.6 is 11.3 Å². The fourth-order valence-electron chi connectivity index (χ4n) is 1.84. The molecule has 3 rings (SSSR count). The molecule has 2 aromatic heterocycles. The van der Waals surface area contributed by atoms with E-state index in [0.717, 1.165) is 16.3 Å². The highest BCUT2D eigenvalue weighted by atomic mass is 32.1. The Morgan fingerprint density at radius 2 is 2.35 bits per heavy atom.